The number of nitrogens with one attached hydrogen (secondary N) is 2. The Bertz CT molecular complexity index is 497. The number of rotatable bonds is 4. The van der Waals surface area contributed by atoms with E-state index in [-0.39, 0.29) is 11.7 Å². The Labute approximate surface area is 115 Å². The molecule has 0 aromatic carbocycles. The average molecular weight is 279 g/mol. The average Bonchev–Trinajstić information content (AvgIpc) is 3.10. The number of H-pyrrole nitrogens is 2. The molecule has 2 rings (SSSR count). The van der Waals surface area contributed by atoms with Gasteiger partial charge in [0.1, 0.15) is 6.04 Å². The number of hydrogen-bond acceptors (Lipinski definition) is 5. The quantitative estimate of drug-likeness (QED) is 0.598. The maximum absolute atomic E-state index is 11.4. The lowest BCUT2D eigenvalue weighted by Gasteiger charge is -2.07. The number of nitrogens with zero attached hydrogens (tertiary/aromatic N) is 2. The molecule has 8 nitrogen and oxygen atoms in total. The smallest absolute Gasteiger partial charge is 0.320 e. The fraction of sp³-hybridized carbons (Fsp3) is 0.333. The normalized spacial score (nSPS) is 11.6. The van der Waals surface area contributed by atoms with Crippen LogP contribution in [0.25, 0.3) is 0 Å². The van der Waals surface area contributed by atoms with Crippen LogP contribution in [0, 0.1) is 5.92 Å². The van der Waals surface area contributed by atoms with Crippen LogP contribution < -0.4 is 5.73 Å². The number of carboxylic acid groups (broad SMARTS) is 1. The van der Waals surface area contributed by atoms with Gasteiger partial charge in [-0.05, 0) is 5.92 Å². The molecule has 2 heterocycles. The molecule has 0 saturated carbocycles. The SMILES string of the molecule is CC(C)[C@H](N)C(=O)O.O=C(c1ncc[nH]1)c1ncc[nH]1. The molecule has 20 heavy (non-hydrogen) atoms. The molecule has 0 amide bonds. The number of aliphatic carboxylic acids is 1. The van der Waals surface area contributed by atoms with Crippen LogP contribution in [0.4, 0.5) is 0 Å². The maximum atomic E-state index is 11.4. The van der Waals surface area contributed by atoms with Crippen molar-refractivity contribution in [2.24, 2.45) is 11.7 Å². The minimum atomic E-state index is -0.931. The Kier molecular flexibility index (Phi) is 5.60. The zero-order valence-corrected chi connectivity index (χ0v) is 11.2. The molecule has 0 aliphatic rings. The number of carboxylic acids is 1. The molecule has 0 aliphatic carbocycles. The second kappa shape index (κ2) is 7.19. The Morgan fingerprint density at radius 3 is 1.80 bits per heavy atom. The van der Waals surface area contributed by atoms with E-state index in [0.29, 0.717) is 11.6 Å². The van der Waals surface area contributed by atoms with Gasteiger partial charge in [0.2, 0.25) is 0 Å². The van der Waals surface area contributed by atoms with Gasteiger partial charge in [0.25, 0.3) is 5.78 Å². The first kappa shape index (κ1) is 15.6. The van der Waals surface area contributed by atoms with Crippen molar-refractivity contribution in [1.82, 2.24) is 19.9 Å². The van der Waals surface area contributed by atoms with E-state index in [1.807, 2.05) is 0 Å². The summed E-state index contributed by atoms with van der Waals surface area (Å²) in [5.41, 5.74) is 5.16. The Balaban J connectivity index is 0.000000221. The zero-order valence-electron chi connectivity index (χ0n) is 11.2. The van der Waals surface area contributed by atoms with Crippen LogP contribution in [0.15, 0.2) is 24.8 Å². The van der Waals surface area contributed by atoms with Crippen LogP contribution in [-0.4, -0.2) is 42.8 Å². The summed E-state index contributed by atoms with van der Waals surface area (Å²) < 4.78 is 0. The summed E-state index contributed by atoms with van der Waals surface area (Å²) in [6, 6.07) is -0.713. The molecule has 1 atom stereocenters. The van der Waals surface area contributed by atoms with Crippen molar-refractivity contribution in [2.45, 2.75) is 19.9 Å². The summed E-state index contributed by atoms with van der Waals surface area (Å²) >= 11 is 0. The topological polar surface area (TPSA) is 138 Å². The van der Waals surface area contributed by atoms with E-state index in [1.54, 1.807) is 26.2 Å². The lowest BCUT2D eigenvalue weighted by molar-refractivity contribution is -0.139. The van der Waals surface area contributed by atoms with Crippen molar-refractivity contribution >= 4 is 11.8 Å². The van der Waals surface area contributed by atoms with Gasteiger partial charge in [-0.2, -0.15) is 0 Å². The second-order valence-corrected chi connectivity index (χ2v) is 4.31. The van der Waals surface area contributed by atoms with Gasteiger partial charge in [-0.15, -0.1) is 0 Å². The third-order valence-electron chi connectivity index (χ3n) is 2.43. The predicted octanol–water partition coefficient (Wildman–Crippen LogP) is 0.418. The molecule has 2 aromatic heterocycles. The molecule has 0 spiro atoms. The predicted molar refractivity (Wildman–Crippen MR) is 71.1 cm³/mol. The molecule has 0 radical (unpaired) electrons. The Morgan fingerprint density at radius 1 is 1.15 bits per heavy atom. The molecular weight excluding hydrogens is 262 g/mol. The van der Waals surface area contributed by atoms with Gasteiger partial charge in [0.15, 0.2) is 11.6 Å². The highest BCUT2D eigenvalue weighted by molar-refractivity contribution is 6.03. The van der Waals surface area contributed by atoms with Gasteiger partial charge in [-0.1, -0.05) is 13.8 Å². The highest BCUT2D eigenvalue weighted by atomic mass is 16.4. The van der Waals surface area contributed by atoms with Crippen LogP contribution >= 0.6 is 0 Å². The lowest BCUT2D eigenvalue weighted by Crippen LogP contribution is -2.34. The van der Waals surface area contributed by atoms with Gasteiger partial charge >= 0.3 is 5.97 Å². The molecule has 108 valence electrons. The number of ketones is 1. The summed E-state index contributed by atoms with van der Waals surface area (Å²) in [5.74, 6) is -0.549. The van der Waals surface area contributed by atoms with Gasteiger partial charge in [0, 0.05) is 24.8 Å². The van der Waals surface area contributed by atoms with Crippen LogP contribution in [-0.2, 0) is 4.79 Å². The van der Waals surface area contributed by atoms with Gasteiger partial charge in [-0.25, -0.2) is 9.97 Å². The van der Waals surface area contributed by atoms with Gasteiger partial charge < -0.3 is 20.8 Å². The van der Waals surface area contributed by atoms with E-state index < -0.39 is 12.0 Å². The van der Waals surface area contributed by atoms with E-state index in [0.717, 1.165) is 0 Å². The van der Waals surface area contributed by atoms with Crippen LogP contribution in [0.2, 0.25) is 0 Å². The van der Waals surface area contributed by atoms with Crippen molar-refractivity contribution in [3.63, 3.8) is 0 Å². The summed E-state index contributed by atoms with van der Waals surface area (Å²) in [6.07, 6.45) is 6.23. The van der Waals surface area contributed by atoms with Crippen molar-refractivity contribution < 1.29 is 14.7 Å². The molecule has 5 N–H and O–H groups in total. The minimum absolute atomic E-state index is 0.0208. The van der Waals surface area contributed by atoms with E-state index in [4.69, 9.17) is 10.8 Å². The monoisotopic (exact) mass is 279 g/mol. The number of imidazole rings is 2. The fourth-order valence-electron chi connectivity index (χ4n) is 1.18. The summed E-state index contributed by atoms with van der Waals surface area (Å²) in [5, 5.41) is 8.23. The molecule has 8 heteroatoms. The third-order valence-corrected chi connectivity index (χ3v) is 2.43. The van der Waals surface area contributed by atoms with Crippen LogP contribution in [0.1, 0.15) is 30.3 Å². The molecule has 0 fully saturated rings. The van der Waals surface area contributed by atoms with Crippen LogP contribution in [0.5, 0.6) is 0 Å². The molecule has 0 saturated heterocycles. The molecular formula is C12H17N5O3. The molecule has 0 unspecified atom stereocenters. The number of aromatic nitrogens is 4. The lowest BCUT2D eigenvalue weighted by atomic mass is 10.1. The second-order valence-electron chi connectivity index (χ2n) is 4.31. The Morgan fingerprint density at radius 2 is 1.60 bits per heavy atom. The molecule has 0 aliphatic heterocycles. The molecule has 0 bridgehead atoms. The van der Waals surface area contributed by atoms with Gasteiger partial charge in [0.05, 0.1) is 0 Å². The Hall–Kier alpha value is -2.48. The van der Waals surface area contributed by atoms with E-state index in [1.165, 1.54) is 12.4 Å². The van der Waals surface area contributed by atoms with Crippen molar-refractivity contribution in [1.29, 1.82) is 0 Å². The highest BCUT2D eigenvalue weighted by Crippen LogP contribution is 1.98. The van der Waals surface area contributed by atoms with Crippen LogP contribution in [0.3, 0.4) is 0 Å². The fourth-order valence-corrected chi connectivity index (χ4v) is 1.18. The summed E-state index contributed by atoms with van der Waals surface area (Å²) in [4.78, 5) is 34.4. The molecule has 2 aromatic rings. The third kappa shape index (κ3) is 4.32. The minimum Gasteiger partial charge on any atom is -0.480 e. The van der Waals surface area contributed by atoms with E-state index in [2.05, 4.69) is 19.9 Å². The summed E-state index contributed by atoms with van der Waals surface area (Å²) in [6.45, 7) is 3.55. The number of nitrogens with two attached hydrogens (primary N) is 1. The number of hydrogen-bond donors (Lipinski definition) is 4. The first-order valence-corrected chi connectivity index (χ1v) is 5.95. The number of aromatic amines is 2. The highest BCUT2D eigenvalue weighted by Gasteiger charge is 2.14. The van der Waals surface area contributed by atoms with E-state index in [9.17, 15) is 9.59 Å². The first-order valence-electron chi connectivity index (χ1n) is 5.95. The maximum Gasteiger partial charge on any atom is 0.320 e. The first-order chi connectivity index (χ1) is 9.43. The number of carbonyl (C=O) groups excluding carboxylic acids is 1. The largest absolute Gasteiger partial charge is 0.480 e. The van der Waals surface area contributed by atoms with E-state index >= 15 is 0 Å². The standard InChI is InChI=1S/C7H6N4O.C5H11NO2/c12-5(6-8-1-2-9-6)7-10-3-4-11-7;1-3(2)4(6)5(7)8/h1-4H,(H,8,9)(H,10,11);3-4H,6H2,1-2H3,(H,7,8)/t;4-/m.0/s1. The van der Waals surface area contributed by atoms with Gasteiger partial charge in [-0.3, -0.25) is 9.59 Å². The van der Waals surface area contributed by atoms with Crippen molar-refractivity contribution in [2.75, 3.05) is 0 Å². The zero-order chi connectivity index (χ0) is 15.1. The van der Waals surface area contributed by atoms with Crippen molar-refractivity contribution in [3.05, 3.63) is 36.4 Å². The van der Waals surface area contributed by atoms with Crippen molar-refractivity contribution in [3.8, 4) is 0 Å². The summed E-state index contributed by atoms with van der Waals surface area (Å²) in [7, 11) is 0. The number of carbonyl (C=O) groups is 2.